The van der Waals surface area contributed by atoms with Crippen molar-refractivity contribution in [2.45, 2.75) is 26.5 Å². The number of hydrazone groups is 1. The van der Waals surface area contributed by atoms with Gasteiger partial charge in [0.05, 0.1) is 31.9 Å². The first-order valence-electron chi connectivity index (χ1n) is 11.7. The van der Waals surface area contributed by atoms with Crippen molar-refractivity contribution in [2.75, 3.05) is 24.3 Å². The van der Waals surface area contributed by atoms with Gasteiger partial charge in [0.15, 0.2) is 11.5 Å². The molecule has 0 aliphatic carbocycles. The zero-order valence-electron chi connectivity index (χ0n) is 21.5. The van der Waals surface area contributed by atoms with E-state index in [9.17, 15) is 13.2 Å². The topological polar surface area (TPSA) is 107 Å². The third-order valence-electron chi connectivity index (χ3n) is 5.38. The Bertz CT molecular complexity index is 1360. The number of sulfonamides is 1. The van der Waals surface area contributed by atoms with Crippen LogP contribution in [-0.2, 0) is 21.4 Å². The van der Waals surface area contributed by atoms with Crippen LogP contribution in [0, 0.1) is 0 Å². The van der Waals surface area contributed by atoms with E-state index < -0.39 is 22.0 Å². The fraction of sp³-hybridized carbons (Fsp3) is 0.259. The molecule has 0 aromatic heterocycles. The molecule has 9 nitrogen and oxygen atoms in total. The van der Waals surface area contributed by atoms with Crippen molar-refractivity contribution in [3.63, 3.8) is 0 Å². The Labute approximate surface area is 228 Å². The van der Waals surface area contributed by atoms with Gasteiger partial charge in [-0.15, -0.1) is 0 Å². The van der Waals surface area contributed by atoms with Crippen molar-refractivity contribution in [3.8, 4) is 17.2 Å². The summed E-state index contributed by atoms with van der Waals surface area (Å²) in [5.41, 5.74) is 4.34. The molecular formula is C27H30ClN3O6S. The van der Waals surface area contributed by atoms with Crippen molar-refractivity contribution in [1.82, 2.24) is 5.43 Å². The van der Waals surface area contributed by atoms with E-state index in [-0.39, 0.29) is 0 Å². The first-order valence-corrected chi connectivity index (χ1v) is 14.0. The van der Waals surface area contributed by atoms with Gasteiger partial charge >= 0.3 is 0 Å². The van der Waals surface area contributed by atoms with E-state index >= 15 is 0 Å². The van der Waals surface area contributed by atoms with Crippen LogP contribution in [0.15, 0.2) is 71.8 Å². The minimum Gasteiger partial charge on any atom is -0.497 e. The smallest absolute Gasteiger partial charge is 0.263 e. The lowest BCUT2D eigenvalue weighted by Crippen LogP contribution is -2.46. The summed E-state index contributed by atoms with van der Waals surface area (Å²) in [4.78, 5) is 12.8. The molecule has 3 aromatic rings. The molecule has 0 bridgehead atoms. The lowest BCUT2D eigenvalue weighted by atomic mass is 10.2. The van der Waals surface area contributed by atoms with Crippen LogP contribution < -0.4 is 23.9 Å². The molecule has 202 valence electrons. The Balaban J connectivity index is 1.69. The van der Waals surface area contributed by atoms with Crippen molar-refractivity contribution in [2.24, 2.45) is 5.10 Å². The van der Waals surface area contributed by atoms with Gasteiger partial charge < -0.3 is 14.2 Å². The first kappa shape index (κ1) is 28.8. The molecule has 3 rings (SSSR count). The van der Waals surface area contributed by atoms with Gasteiger partial charge in [-0.2, -0.15) is 5.10 Å². The molecular weight excluding hydrogens is 530 g/mol. The molecule has 0 saturated heterocycles. The molecule has 1 N–H and O–H groups in total. The number of carbonyl (C=O) groups excluding carboxylic acids is 1. The van der Waals surface area contributed by atoms with Crippen LogP contribution in [0.3, 0.4) is 0 Å². The molecule has 1 amide bonds. The molecule has 0 aliphatic rings. The van der Waals surface area contributed by atoms with Crippen LogP contribution in [0.5, 0.6) is 17.2 Å². The van der Waals surface area contributed by atoms with Crippen LogP contribution in [-0.4, -0.2) is 46.6 Å². The monoisotopic (exact) mass is 559 g/mol. The predicted octanol–water partition coefficient (Wildman–Crippen LogP) is 4.63. The molecule has 0 radical (unpaired) electrons. The van der Waals surface area contributed by atoms with Gasteiger partial charge in [-0.05, 0) is 79.6 Å². The first-order chi connectivity index (χ1) is 18.1. The second kappa shape index (κ2) is 13.2. The number of hydrogen-bond acceptors (Lipinski definition) is 7. The summed E-state index contributed by atoms with van der Waals surface area (Å²) in [7, 11) is -2.25. The van der Waals surface area contributed by atoms with Crippen LogP contribution >= 0.6 is 11.6 Å². The number of hydrogen-bond donors (Lipinski definition) is 1. The van der Waals surface area contributed by atoms with Crippen molar-refractivity contribution in [3.05, 3.63) is 82.9 Å². The van der Waals surface area contributed by atoms with E-state index in [0.29, 0.717) is 46.7 Å². The normalized spacial score (nSPS) is 12.1. The molecule has 1 atom stereocenters. The number of anilines is 1. The van der Waals surface area contributed by atoms with Crippen molar-refractivity contribution < 1.29 is 27.4 Å². The van der Waals surface area contributed by atoms with Crippen LogP contribution in [0.4, 0.5) is 5.69 Å². The lowest BCUT2D eigenvalue weighted by molar-refractivity contribution is -0.121. The van der Waals surface area contributed by atoms with E-state index in [2.05, 4.69) is 10.5 Å². The Morgan fingerprint density at radius 3 is 2.34 bits per heavy atom. The SMILES string of the molecule is CCOc1cc(/C=N\NC(=O)[C@@H](C)N(c2ccc(OC)cc2)S(C)(=O)=O)ccc1OCc1ccc(Cl)cc1. The van der Waals surface area contributed by atoms with Gasteiger partial charge in [0.1, 0.15) is 18.4 Å². The van der Waals surface area contributed by atoms with E-state index in [1.165, 1.54) is 20.2 Å². The highest BCUT2D eigenvalue weighted by Gasteiger charge is 2.29. The average Bonchev–Trinajstić information content (AvgIpc) is 2.89. The number of methoxy groups -OCH3 is 1. The quantitative estimate of drug-likeness (QED) is 0.256. The zero-order valence-corrected chi connectivity index (χ0v) is 23.1. The number of amides is 1. The molecule has 0 saturated carbocycles. The van der Waals surface area contributed by atoms with Crippen molar-refractivity contribution >= 4 is 39.4 Å². The predicted molar refractivity (Wildman–Crippen MR) is 149 cm³/mol. The summed E-state index contributed by atoms with van der Waals surface area (Å²) in [6.07, 6.45) is 2.48. The number of nitrogens with one attached hydrogen (secondary N) is 1. The molecule has 38 heavy (non-hydrogen) atoms. The molecule has 0 aliphatic heterocycles. The number of carbonyl (C=O) groups is 1. The average molecular weight is 560 g/mol. The van der Waals surface area contributed by atoms with Gasteiger partial charge in [-0.3, -0.25) is 9.10 Å². The summed E-state index contributed by atoms with van der Waals surface area (Å²) in [5.74, 6) is 1.04. The fourth-order valence-corrected chi connectivity index (χ4v) is 4.84. The Hall–Kier alpha value is -3.76. The van der Waals surface area contributed by atoms with Gasteiger partial charge in [-0.1, -0.05) is 23.7 Å². The molecule has 3 aromatic carbocycles. The van der Waals surface area contributed by atoms with Crippen LogP contribution in [0.2, 0.25) is 5.02 Å². The zero-order chi connectivity index (χ0) is 27.7. The maximum absolute atomic E-state index is 12.8. The Kier molecular flexibility index (Phi) is 9.98. The highest BCUT2D eigenvalue weighted by Crippen LogP contribution is 2.29. The summed E-state index contributed by atoms with van der Waals surface area (Å²) in [5, 5.41) is 4.66. The van der Waals surface area contributed by atoms with E-state index in [1.807, 2.05) is 19.1 Å². The number of rotatable bonds is 12. The molecule has 0 fully saturated rings. The van der Waals surface area contributed by atoms with Gasteiger partial charge in [0, 0.05) is 5.02 Å². The standard InChI is InChI=1S/C27H30ClN3O6S/c1-5-36-26-16-21(8-15-25(26)37-18-20-6-9-22(28)10-7-20)17-29-30-27(32)19(2)31(38(4,33)34)23-11-13-24(35-3)14-12-23/h6-17,19H,5,18H2,1-4H3,(H,30,32)/b29-17-/t19-/m1/s1. The van der Waals surface area contributed by atoms with E-state index in [0.717, 1.165) is 16.1 Å². The summed E-state index contributed by atoms with van der Waals surface area (Å²) >= 11 is 5.93. The van der Waals surface area contributed by atoms with Crippen LogP contribution in [0.25, 0.3) is 0 Å². The highest BCUT2D eigenvalue weighted by molar-refractivity contribution is 7.92. The van der Waals surface area contributed by atoms with Gasteiger partial charge in [0.25, 0.3) is 5.91 Å². The maximum Gasteiger partial charge on any atom is 0.263 e. The number of halogens is 1. The number of ether oxygens (including phenoxy) is 3. The molecule has 0 heterocycles. The van der Waals surface area contributed by atoms with Crippen molar-refractivity contribution in [1.29, 1.82) is 0 Å². The summed E-state index contributed by atoms with van der Waals surface area (Å²) in [6, 6.07) is 17.9. The van der Waals surface area contributed by atoms with Gasteiger partial charge in [-0.25, -0.2) is 13.8 Å². The highest BCUT2D eigenvalue weighted by atomic mass is 35.5. The second-order valence-electron chi connectivity index (χ2n) is 8.22. The third-order valence-corrected chi connectivity index (χ3v) is 6.87. The maximum atomic E-state index is 12.8. The minimum absolute atomic E-state index is 0.329. The Morgan fingerprint density at radius 1 is 1.05 bits per heavy atom. The third kappa shape index (κ3) is 7.87. The second-order valence-corrected chi connectivity index (χ2v) is 10.5. The van der Waals surface area contributed by atoms with Gasteiger partial charge in [0.2, 0.25) is 10.0 Å². The lowest BCUT2D eigenvalue weighted by Gasteiger charge is -2.27. The van der Waals surface area contributed by atoms with Crippen LogP contribution in [0.1, 0.15) is 25.0 Å². The van der Waals surface area contributed by atoms with E-state index in [1.54, 1.807) is 54.6 Å². The fourth-order valence-electron chi connectivity index (χ4n) is 3.54. The molecule has 0 unspecified atom stereocenters. The van der Waals surface area contributed by atoms with E-state index in [4.69, 9.17) is 25.8 Å². The summed E-state index contributed by atoms with van der Waals surface area (Å²) in [6.45, 7) is 4.11. The number of nitrogens with zero attached hydrogens (tertiary/aromatic N) is 2. The minimum atomic E-state index is -3.76. The summed E-state index contributed by atoms with van der Waals surface area (Å²) < 4.78 is 42.7. The number of benzene rings is 3. The molecule has 11 heteroatoms. The Morgan fingerprint density at radius 2 is 1.74 bits per heavy atom. The molecule has 0 spiro atoms. The largest absolute Gasteiger partial charge is 0.497 e.